The first-order chi connectivity index (χ1) is 13.6. The van der Waals surface area contributed by atoms with Crippen molar-refractivity contribution in [2.45, 2.75) is 39.2 Å². The Morgan fingerprint density at radius 2 is 1.82 bits per heavy atom. The van der Waals surface area contributed by atoms with E-state index in [-0.39, 0.29) is 17.9 Å². The molecule has 0 radical (unpaired) electrons. The lowest BCUT2D eigenvalue weighted by molar-refractivity contribution is -0.147. The fraction of sp³-hybridized carbons (Fsp3) is 0.409. The van der Waals surface area contributed by atoms with Crippen molar-refractivity contribution >= 4 is 28.5 Å². The SMILES string of the molecule is CCNC(=NCCN1C(=O)CCCC1=O)NC(C)c1cccc2ccccc12. The molecule has 28 heavy (non-hydrogen) atoms. The van der Waals surface area contributed by atoms with Gasteiger partial charge in [0.1, 0.15) is 0 Å². The second-order valence-electron chi connectivity index (χ2n) is 6.99. The first kappa shape index (κ1) is 19.9. The van der Waals surface area contributed by atoms with Crippen molar-refractivity contribution in [1.29, 1.82) is 0 Å². The molecular weight excluding hydrogens is 352 g/mol. The van der Waals surface area contributed by atoms with Crippen LogP contribution in [0.15, 0.2) is 47.5 Å². The molecule has 0 bridgehead atoms. The number of benzene rings is 2. The summed E-state index contributed by atoms with van der Waals surface area (Å²) in [4.78, 5) is 29.7. The van der Waals surface area contributed by atoms with E-state index in [4.69, 9.17) is 0 Å². The van der Waals surface area contributed by atoms with Crippen LogP contribution in [0.2, 0.25) is 0 Å². The third kappa shape index (κ3) is 4.68. The summed E-state index contributed by atoms with van der Waals surface area (Å²) in [6.07, 6.45) is 1.56. The lowest BCUT2D eigenvalue weighted by atomic mass is 10.00. The number of hydrogen-bond donors (Lipinski definition) is 2. The fourth-order valence-corrected chi connectivity index (χ4v) is 3.54. The number of likely N-dealkylation sites (tertiary alicyclic amines) is 1. The topological polar surface area (TPSA) is 73.8 Å². The summed E-state index contributed by atoms with van der Waals surface area (Å²) < 4.78 is 0. The highest BCUT2D eigenvalue weighted by Crippen LogP contribution is 2.23. The molecule has 1 atom stereocenters. The van der Waals surface area contributed by atoms with Gasteiger partial charge >= 0.3 is 0 Å². The van der Waals surface area contributed by atoms with Crippen molar-refractivity contribution in [2.75, 3.05) is 19.6 Å². The van der Waals surface area contributed by atoms with E-state index in [1.54, 1.807) is 0 Å². The monoisotopic (exact) mass is 380 g/mol. The molecular formula is C22H28N4O2. The van der Waals surface area contributed by atoms with E-state index in [1.165, 1.54) is 21.2 Å². The third-order valence-corrected chi connectivity index (χ3v) is 4.96. The van der Waals surface area contributed by atoms with E-state index in [9.17, 15) is 9.59 Å². The van der Waals surface area contributed by atoms with E-state index >= 15 is 0 Å². The number of rotatable bonds is 6. The van der Waals surface area contributed by atoms with Gasteiger partial charge in [0.25, 0.3) is 0 Å². The number of guanidine groups is 1. The lowest BCUT2D eigenvalue weighted by Crippen LogP contribution is -2.43. The van der Waals surface area contributed by atoms with Gasteiger partial charge < -0.3 is 10.6 Å². The normalized spacial score (nSPS) is 16.4. The molecule has 6 nitrogen and oxygen atoms in total. The van der Waals surface area contributed by atoms with E-state index in [0.29, 0.717) is 38.3 Å². The summed E-state index contributed by atoms with van der Waals surface area (Å²) in [6.45, 7) is 5.56. The standard InChI is InChI=1S/C22H28N4O2/c1-3-23-22(24-14-15-26-20(27)12-7-13-21(26)28)25-16(2)18-11-6-9-17-8-4-5-10-19(17)18/h4-6,8-11,16H,3,7,12-15H2,1-2H3,(H2,23,24,25). The Hall–Kier alpha value is -2.89. The van der Waals surface area contributed by atoms with Crippen LogP contribution in [-0.4, -0.2) is 42.3 Å². The number of amides is 2. The molecule has 6 heteroatoms. The van der Waals surface area contributed by atoms with Gasteiger partial charge in [-0.3, -0.25) is 19.5 Å². The van der Waals surface area contributed by atoms with Crippen LogP contribution in [0.5, 0.6) is 0 Å². The van der Waals surface area contributed by atoms with Gasteiger partial charge in [-0.05, 0) is 36.6 Å². The largest absolute Gasteiger partial charge is 0.357 e. The molecule has 2 N–H and O–H groups in total. The number of imide groups is 1. The average Bonchev–Trinajstić information content (AvgIpc) is 2.69. The Labute approximate surface area is 166 Å². The number of aliphatic imine (C=N–C) groups is 1. The van der Waals surface area contributed by atoms with Crippen LogP contribution in [0.4, 0.5) is 0 Å². The van der Waals surface area contributed by atoms with Crippen molar-refractivity contribution in [2.24, 2.45) is 4.99 Å². The summed E-state index contributed by atoms with van der Waals surface area (Å²) >= 11 is 0. The molecule has 0 saturated carbocycles. The summed E-state index contributed by atoms with van der Waals surface area (Å²) in [6, 6.07) is 14.7. The first-order valence-corrected chi connectivity index (χ1v) is 9.96. The zero-order valence-corrected chi connectivity index (χ0v) is 16.6. The summed E-state index contributed by atoms with van der Waals surface area (Å²) in [7, 11) is 0. The predicted octanol–water partition coefficient (Wildman–Crippen LogP) is 3.00. The molecule has 3 rings (SSSR count). The Balaban J connectivity index is 1.68. The molecule has 2 amide bonds. The minimum absolute atomic E-state index is 0.0575. The Bertz CT molecular complexity index is 856. The lowest BCUT2D eigenvalue weighted by Gasteiger charge is -2.24. The molecule has 0 aliphatic carbocycles. The number of hydrogen-bond acceptors (Lipinski definition) is 3. The van der Waals surface area contributed by atoms with Crippen LogP contribution in [0.25, 0.3) is 10.8 Å². The molecule has 1 unspecified atom stereocenters. The average molecular weight is 380 g/mol. The first-order valence-electron chi connectivity index (χ1n) is 9.96. The van der Waals surface area contributed by atoms with Crippen molar-refractivity contribution < 1.29 is 9.59 Å². The van der Waals surface area contributed by atoms with Gasteiger partial charge in [-0.25, -0.2) is 0 Å². The van der Waals surface area contributed by atoms with Crippen molar-refractivity contribution in [3.63, 3.8) is 0 Å². The molecule has 1 aliphatic rings. The maximum Gasteiger partial charge on any atom is 0.229 e. The maximum absolute atomic E-state index is 11.9. The van der Waals surface area contributed by atoms with Crippen LogP contribution in [-0.2, 0) is 9.59 Å². The second-order valence-corrected chi connectivity index (χ2v) is 6.99. The van der Waals surface area contributed by atoms with Crippen molar-refractivity contribution in [3.05, 3.63) is 48.0 Å². The summed E-state index contributed by atoms with van der Waals surface area (Å²) in [5.74, 6) is 0.502. The summed E-state index contributed by atoms with van der Waals surface area (Å²) in [5, 5.41) is 9.10. The summed E-state index contributed by atoms with van der Waals surface area (Å²) in [5.41, 5.74) is 1.20. The molecule has 2 aromatic rings. The number of carbonyl (C=O) groups excluding carboxylic acids is 2. The van der Waals surface area contributed by atoms with Gasteiger partial charge in [0, 0.05) is 25.9 Å². The van der Waals surface area contributed by atoms with Crippen LogP contribution >= 0.6 is 0 Å². The highest BCUT2D eigenvalue weighted by Gasteiger charge is 2.25. The van der Waals surface area contributed by atoms with Crippen molar-refractivity contribution in [3.8, 4) is 0 Å². The van der Waals surface area contributed by atoms with Gasteiger partial charge in [0.15, 0.2) is 5.96 Å². The quantitative estimate of drug-likeness (QED) is 0.459. The second kappa shape index (κ2) is 9.35. The van der Waals surface area contributed by atoms with E-state index in [2.05, 4.69) is 52.9 Å². The van der Waals surface area contributed by atoms with Crippen molar-refractivity contribution in [1.82, 2.24) is 15.5 Å². The maximum atomic E-state index is 11.9. The van der Waals surface area contributed by atoms with Gasteiger partial charge in [-0.1, -0.05) is 42.5 Å². The van der Waals surface area contributed by atoms with E-state index in [1.807, 2.05) is 19.1 Å². The van der Waals surface area contributed by atoms with Crippen LogP contribution in [0, 0.1) is 0 Å². The smallest absolute Gasteiger partial charge is 0.229 e. The molecule has 148 valence electrons. The Kier molecular flexibility index (Phi) is 6.63. The van der Waals surface area contributed by atoms with Gasteiger partial charge in [0.05, 0.1) is 12.6 Å². The van der Waals surface area contributed by atoms with Crippen LogP contribution in [0.1, 0.15) is 44.7 Å². The van der Waals surface area contributed by atoms with Gasteiger partial charge in [-0.15, -0.1) is 0 Å². The number of carbonyl (C=O) groups is 2. The predicted molar refractivity (Wildman–Crippen MR) is 112 cm³/mol. The Morgan fingerprint density at radius 1 is 1.11 bits per heavy atom. The number of nitrogens with one attached hydrogen (secondary N) is 2. The van der Waals surface area contributed by atoms with E-state index in [0.717, 1.165) is 6.54 Å². The molecule has 1 saturated heterocycles. The molecule has 1 fully saturated rings. The van der Waals surface area contributed by atoms with E-state index < -0.39 is 0 Å². The highest BCUT2D eigenvalue weighted by molar-refractivity contribution is 5.97. The van der Waals surface area contributed by atoms with Crippen LogP contribution < -0.4 is 10.6 Å². The highest BCUT2D eigenvalue weighted by atomic mass is 16.2. The third-order valence-electron chi connectivity index (χ3n) is 4.96. The molecule has 1 aliphatic heterocycles. The Morgan fingerprint density at radius 3 is 2.57 bits per heavy atom. The minimum atomic E-state index is -0.0893. The fourth-order valence-electron chi connectivity index (χ4n) is 3.54. The zero-order chi connectivity index (χ0) is 19.9. The van der Waals surface area contributed by atoms with Gasteiger partial charge in [-0.2, -0.15) is 0 Å². The molecule has 0 spiro atoms. The van der Waals surface area contributed by atoms with Crippen LogP contribution in [0.3, 0.4) is 0 Å². The molecule has 1 heterocycles. The number of piperidine rings is 1. The van der Waals surface area contributed by atoms with Gasteiger partial charge in [0.2, 0.25) is 11.8 Å². The zero-order valence-electron chi connectivity index (χ0n) is 16.6. The molecule has 0 aromatic heterocycles. The number of nitrogens with zero attached hydrogens (tertiary/aromatic N) is 2. The molecule has 2 aromatic carbocycles. The number of fused-ring (bicyclic) bond motifs is 1. The minimum Gasteiger partial charge on any atom is -0.357 e.